The van der Waals surface area contributed by atoms with Gasteiger partial charge in [-0.15, -0.1) is 5.10 Å². The molecule has 38 heavy (non-hydrogen) atoms. The van der Waals surface area contributed by atoms with Crippen LogP contribution < -0.4 is 20.7 Å². The van der Waals surface area contributed by atoms with Crippen molar-refractivity contribution >= 4 is 29.1 Å². The first-order valence-electron chi connectivity index (χ1n) is 11.5. The maximum atomic E-state index is 12.6. The first kappa shape index (κ1) is 26.0. The normalized spacial score (nSPS) is 11.0. The molecule has 0 saturated heterocycles. The van der Waals surface area contributed by atoms with Crippen molar-refractivity contribution in [2.45, 2.75) is 32.4 Å². The summed E-state index contributed by atoms with van der Waals surface area (Å²) < 4.78 is 12.0. The minimum Gasteiger partial charge on any atom is -0.496 e. The van der Waals surface area contributed by atoms with E-state index in [-0.39, 0.29) is 12.5 Å². The summed E-state index contributed by atoms with van der Waals surface area (Å²) in [6, 6.07) is 12.1. The van der Waals surface area contributed by atoms with E-state index in [1.807, 2.05) is 26.0 Å². The minimum atomic E-state index is -0.812. The lowest BCUT2D eigenvalue weighted by Gasteiger charge is -2.26. The molecule has 2 heterocycles. The molecule has 196 valence electrons. The van der Waals surface area contributed by atoms with Gasteiger partial charge in [0.2, 0.25) is 5.91 Å². The van der Waals surface area contributed by atoms with Gasteiger partial charge in [0.05, 0.1) is 18.9 Å². The van der Waals surface area contributed by atoms with Gasteiger partial charge in [0.15, 0.2) is 12.2 Å². The van der Waals surface area contributed by atoms with Crippen molar-refractivity contribution < 1.29 is 23.5 Å². The smallest absolute Gasteiger partial charge is 0.313 e. The number of nitrogens with zero attached hydrogens (tertiary/aromatic N) is 5. The Bertz CT molecular complexity index is 1400. The molecule has 13 nitrogen and oxygen atoms in total. The van der Waals surface area contributed by atoms with E-state index in [0.717, 1.165) is 5.56 Å². The topological polar surface area (TPSA) is 166 Å². The number of benzene rings is 2. The van der Waals surface area contributed by atoms with Gasteiger partial charge >= 0.3 is 11.8 Å². The van der Waals surface area contributed by atoms with Crippen molar-refractivity contribution in [3.63, 3.8) is 0 Å². The van der Waals surface area contributed by atoms with Crippen molar-refractivity contribution in [2.24, 2.45) is 0 Å². The van der Waals surface area contributed by atoms with E-state index in [2.05, 4.69) is 36.5 Å². The largest absolute Gasteiger partial charge is 0.496 e. The first-order chi connectivity index (χ1) is 18.2. The second-order valence-electron chi connectivity index (χ2n) is 9.00. The monoisotopic (exact) mass is 518 g/mol. The Balaban J connectivity index is 1.31. The molecule has 0 aliphatic heterocycles. The molecule has 0 atom stereocenters. The lowest BCUT2D eigenvalue weighted by Crippen LogP contribution is -2.49. The number of hydrogen-bond acceptors (Lipinski definition) is 9. The number of aromatic nitrogens is 5. The number of anilines is 2. The predicted octanol–water partition coefficient (Wildman–Crippen LogP) is 2.05. The van der Waals surface area contributed by atoms with Crippen LogP contribution in [0.2, 0.25) is 0 Å². The highest BCUT2D eigenvalue weighted by Crippen LogP contribution is 2.32. The number of ether oxygens (including phenoxy) is 1. The molecule has 2 aromatic heterocycles. The van der Waals surface area contributed by atoms with E-state index in [0.29, 0.717) is 34.9 Å². The number of hydrogen-bond donors (Lipinski definition) is 3. The van der Waals surface area contributed by atoms with Gasteiger partial charge in [-0.05, 0) is 60.5 Å². The molecule has 3 N–H and O–H groups in total. The summed E-state index contributed by atoms with van der Waals surface area (Å²) in [5, 5.41) is 18.7. The zero-order chi connectivity index (χ0) is 27.1. The third kappa shape index (κ3) is 6.78. The van der Waals surface area contributed by atoms with Crippen LogP contribution in [0.15, 0.2) is 65.8 Å². The summed E-state index contributed by atoms with van der Waals surface area (Å²) in [7, 11) is 1.49. The van der Waals surface area contributed by atoms with Crippen molar-refractivity contribution in [2.75, 3.05) is 17.7 Å². The van der Waals surface area contributed by atoms with Gasteiger partial charge in [-0.3, -0.25) is 14.4 Å². The van der Waals surface area contributed by atoms with Crippen LogP contribution in [0.5, 0.6) is 5.75 Å². The van der Waals surface area contributed by atoms with E-state index in [9.17, 15) is 14.4 Å². The fourth-order valence-corrected chi connectivity index (χ4v) is 3.73. The van der Waals surface area contributed by atoms with Crippen LogP contribution in [0.4, 0.5) is 11.4 Å². The summed E-state index contributed by atoms with van der Waals surface area (Å²) in [4.78, 5) is 41.2. The second kappa shape index (κ2) is 11.3. The maximum Gasteiger partial charge on any atom is 0.313 e. The summed E-state index contributed by atoms with van der Waals surface area (Å²) in [6.45, 7) is 3.62. The zero-order valence-electron chi connectivity index (χ0n) is 21.0. The maximum absolute atomic E-state index is 12.6. The second-order valence-corrected chi connectivity index (χ2v) is 9.00. The fraction of sp³-hybridized carbons (Fsp3) is 0.240. The van der Waals surface area contributed by atoms with Crippen molar-refractivity contribution in [3.8, 4) is 17.1 Å². The Labute approximate surface area is 217 Å². The van der Waals surface area contributed by atoms with Crippen molar-refractivity contribution in [1.82, 2.24) is 30.5 Å². The lowest BCUT2D eigenvalue weighted by atomic mass is 9.94. The van der Waals surface area contributed by atoms with E-state index in [1.165, 1.54) is 24.5 Å². The quantitative estimate of drug-likeness (QED) is 0.281. The summed E-state index contributed by atoms with van der Waals surface area (Å²) in [5.41, 5.74) is 1.83. The molecule has 0 unspecified atom stereocenters. The minimum absolute atomic E-state index is 0.00569. The molecule has 0 bridgehead atoms. The molecule has 13 heteroatoms. The van der Waals surface area contributed by atoms with Crippen molar-refractivity contribution in [3.05, 3.63) is 66.9 Å². The van der Waals surface area contributed by atoms with E-state index < -0.39 is 17.4 Å². The molecule has 2 aromatic carbocycles. The number of rotatable bonds is 9. The molecule has 3 amide bonds. The SMILES string of the molecule is COc1cc(NC(=O)C(=O)NC(C)(C)Cc2ccc(NC(=O)Cn3cnnn3)cc2)ccc1-c1cnco1. The Morgan fingerprint density at radius 1 is 1.03 bits per heavy atom. The van der Waals surface area contributed by atoms with E-state index in [4.69, 9.17) is 9.15 Å². The van der Waals surface area contributed by atoms with Crippen LogP contribution in [-0.4, -0.2) is 55.6 Å². The van der Waals surface area contributed by atoms with Crippen LogP contribution in [0, 0.1) is 0 Å². The summed E-state index contributed by atoms with van der Waals surface area (Å²) in [6.07, 6.45) is 4.66. The zero-order valence-corrected chi connectivity index (χ0v) is 21.0. The van der Waals surface area contributed by atoms with Gasteiger partial charge in [0.1, 0.15) is 18.6 Å². The predicted molar refractivity (Wildman–Crippen MR) is 136 cm³/mol. The molecular weight excluding hydrogens is 492 g/mol. The average molecular weight is 519 g/mol. The highest BCUT2D eigenvalue weighted by Gasteiger charge is 2.25. The Morgan fingerprint density at radius 3 is 2.45 bits per heavy atom. The van der Waals surface area contributed by atoms with Gasteiger partial charge in [-0.1, -0.05) is 12.1 Å². The van der Waals surface area contributed by atoms with Crippen LogP contribution in [-0.2, 0) is 27.3 Å². The number of carbonyl (C=O) groups excluding carboxylic acids is 3. The summed E-state index contributed by atoms with van der Waals surface area (Å²) >= 11 is 0. The number of tetrazole rings is 1. The van der Waals surface area contributed by atoms with Gasteiger partial charge in [-0.2, -0.15) is 0 Å². The van der Waals surface area contributed by atoms with Crippen molar-refractivity contribution in [1.29, 1.82) is 0 Å². The van der Waals surface area contributed by atoms with Gasteiger partial charge < -0.3 is 25.1 Å². The molecule has 4 rings (SSSR count). The molecule has 4 aromatic rings. The molecule has 0 fully saturated rings. The third-order valence-corrected chi connectivity index (χ3v) is 5.40. The number of amides is 3. The highest BCUT2D eigenvalue weighted by molar-refractivity contribution is 6.39. The third-order valence-electron chi connectivity index (χ3n) is 5.40. The van der Waals surface area contributed by atoms with E-state index >= 15 is 0 Å². The highest BCUT2D eigenvalue weighted by atomic mass is 16.5. The lowest BCUT2D eigenvalue weighted by molar-refractivity contribution is -0.137. The van der Waals surface area contributed by atoms with Crippen LogP contribution >= 0.6 is 0 Å². The standard InChI is InChI=1S/C25H26N8O5/c1-25(2,11-16-4-6-17(7-5-16)28-22(34)13-33-14-27-31-32-33)30-24(36)23(35)29-18-8-9-19(20(10-18)37-3)21-12-26-15-38-21/h4-10,12,14-15H,11,13H2,1-3H3,(H,28,34)(H,29,35)(H,30,36). The van der Waals surface area contributed by atoms with Crippen LogP contribution in [0.1, 0.15) is 19.4 Å². The number of carbonyl (C=O) groups is 3. The number of methoxy groups -OCH3 is 1. The number of nitrogens with one attached hydrogen (secondary N) is 3. The number of oxazole rings is 1. The van der Waals surface area contributed by atoms with Gasteiger partial charge in [0.25, 0.3) is 0 Å². The average Bonchev–Trinajstić information content (AvgIpc) is 3.59. The summed E-state index contributed by atoms with van der Waals surface area (Å²) in [5.74, 6) is -0.892. The molecule has 0 radical (unpaired) electrons. The molecule has 0 saturated carbocycles. The Kier molecular flexibility index (Phi) is 7.75. The Morgan fingerprint density at radius 2 is 1.79 bits per heavy atom. The molecule has 0 aliphatic rings. The molecule has 0 aliphatic carbocycles. The van der Waals surface area contributed by atoms with Crippen LogP contribution in [0.25, 0.3) is 11.3 Å². The van der Waals surface area contributed by atoms with E-state index in [1.54, 1.807) is 36.5 Å². The first-order valence-corrected chi connectivity index (χ1v) is 11.5. The molecule has 0 spiro atoms. The van der Waals surface area contributed by atoms with Gasteiger partial charge in [0, 0.05) is 23.0 Å². The fourth-order valence-electron chi connectivity index (χ4n) is 3.73. The Hall–Kier alpha value is -5.07. The van der Waals surface area contributed by atoms with Crippen LogP contribution in [0.3, 0.4) is 0 Å². The molecular formula is C25H26N8O5. The van der Waals surface area contributed by atoms with Gasteiger partial charge in [-0.25, -0.2) is 9.67 Å².